The summed E-state index contributed by atoms with van der Waals surface area (Å²) in [7, 11) is -1.50. The van der Waals surface area contributed by atoms with Crippen LogP contribution < -0.4 is 4.74 Å². The van der Waals surface area contributed by atoms with Crippen molar-refractivity contribution < 1.29 is 17.9 Å². The van der Waals surface area contributed by atoms with Crippen molar-refractivity contribution in [2.75, 3.05) is 18.6 Å². The van der Waals surface area contributed by atoms with Crippen LogP contribution in [-0.2, 0) is 9.84 Å². The summed E-state index contributed by atoms with van der Waals surface area (Å²) in [6.07, 6.45) is 0.433. The second-order valence-corrected chi connectivity index (χ2v) is 6.93. The van der Waals surface area contributed by atoms with Crippen LogP contribution in [0.5, 0.6) is 5.75 Å². The van der Waals surface area contributed by atoms with Gasteiger partial charge in [0, 0.05) is 5.92 Å². The molecule has 2 heterocycles. The first kappa shape index (κ1) is 11.6. The number of sulfone groups is 1. The number of Topliss-reactive ketones (excluding diaryl/α,β-unsaturated/α-hetero) is 1. The minimum absolute atomic E-state index is 0.0209. The molecule has 1 unspecified atom stereocenters. The Morgan fingerprint density at radius 1 is 1.56 bits per heavy atom. The van der Waals surface area contributed by atoms with E-state index >= 15 is 0 Å². The summed E-state index contributed by atoms with van der Waals surface area (Å²) in [5, 5.41) is 1.77. The largest absolute Gasteiger partial charge is 0.495 e. The predicted molar refractivity (Wildman–Crippen MR) is 62.0 cm³/mol. The van der Waals surface area contributed by atoms with E-state index in [9.17, 15) is 13.2 Å². The highest BCUT2D eigenvalue weighted by atomic mass is 32.2. The molecule has 4 nitrogen and oxygen atoms in total. The lowest BCUT2D eigenvalue weighted by Crippen LogP contribution is -2.15. The molecule has 1 aliphatic heterocycles. The zero-order valence-electron chi connectivity index (χ0n) is 8.80. The van der Waals surface area contributed by atoms with Crippen LogP contribution in [0, 0.1) is 5.92 Å². The third-order valence-electron chi connectivity index (χ3n) is 2.68. The van der Waals surface area contributed by atoms with Gasteiger partial charge in [-0.15, -0.1) is 11.3 Å². The normalized spacial score (nSPS) is 23.2. The lowest BCUT2D eigenvalue weighted by Gasteiger charge is -2.06. The molecule has 2 rings (SSSR count). The van der Waals surface area contributed by atoms with Crippen LogP contribution in [0.1, 0.15) is 16.1 Å². The Hall–Kier alpha value is -0.880. The van der Waals surface area contributed by atoms with Gasteiger partial charge >= 0.3 is 0 Å². The standard InChI is InChI=1S/C10H12O4S2/c1-14-8-2-4-15-10(8)9(11)7-3-5-16(12,13)6-7/h2,4,7H,3,5-6H2,1H3. The van der Waals surface area contributed by atoms with Crippen LogP contribution in [0.4, 0.5) is 0 Å². The van der Waals surface area contributed by atoms with Crippen molar-refractivity contribution >= 4 is 27.0 Å². The molecule has 1 aromatic rings. The van der Waals surface area contributed by atoms with Crippen molar-refractivity contribution in [2.45, 2.75) is 6.42 Å². The van der Waals surface area contributed by atoms with Gasteiger partial charge in [-0.2, -0.15) is 0 Å². The Morgan fingerprint density at radius 3 is 2.88 bits per heavy atom. The van der Waals surface area contributed by atoms with E-state index in [1.54, 1.807) is 11.4 Å². The lowest BCUT2D eigenvalue weighted by atomic mass is 10.0. The first-order chi connectivity index (χ1) is 7.53. The smallest absolute Gasteiger partial charge is 0.180 e. The van der Waals surface area contributed by atoms with Gasteiger partial charge in [0.25, 0.3) is 0 Å². The van der Waals surface area contributed by atoms with Crippen molar-refractivity contribution in [2.24, 2.45) is 5.92 Å². The number of thiophene rings is 1. The fraction of sp³-hybridized carbons (Fsp3) is 0.500. The number of hydrogen-bond acceptors (Lipinski definition) is 5. The fourth-order valence-electron chi connectivity index (χ4n) is 1.83. The Bertz CT molecular complexity index is 501. The van der Waals surface area contributed by atoms with Gasteiger partial charge in [-0.25, -0.2) is 8.42 Å². The van der Waals surface area contributed by atoms with Crippen LogP contribution in [0.2, 0.25) is 0 Å². The van der Waals surface area contributed by atoms with E-state index < -0.39 is 15.8 Å². The molecule has 16 heavy (non-hydrogen) atoms. The number of ether oxygens (including phenoxy) is 1. The Kier molecular flexibility index (Phi) is 3.03. The van der Waals surface area contributed by atoms with Crippen molar-refractivity contribution in [3.63, 3.8) is 0 Å². The van der Waals surface area contributed by atoms with Gasteiger partial charge in [-0.3, -0.25) is 4.79 Å². The lowest BCUT2D eigenvalue weighted by molar-refractivity contribution is 0.0934. The molecule has 1 aromatic heterocycles. The maximum atomic E-state index is 12.0. The molecular weight excluding hydrogens is 248 g/mol. The van der Waals surface area contributed by atoms with Crippen LogP contribution in [0.25, 0.3) is 0 Å². The van der Waals surface area contributed by atoms with Crippen LogP contribution in [0.15, 0.2) is 11.4 Å². The summed E-state index contributed by atoms with van der Waals surface area (Å²) in [6.45, 7) is 0. The number of carbonyl (C=O) groups excluding carboxylic acids is 1. The van der Waals surface area contributed by atoms with Gasteiger partial charge in [0.1, 0.15) is 10.6 Å². The zero-order valence-corrected chi connectivity index (χ0v) is 10.4. The average Bonchev–Trinajstić information content (AvgIpc) is 2.82. The first-order valence-corrected chi connectivity index (χ1v) is 7.60. The van der Waals surface area contributed by atoms with Crippen molar-refractivity contribution in [1.29, 1.82) is 0 Å². The van der Waals surface area contributed by atoms with Gasteiger partial charge in [0.2, 0.25) is 0 Å². The van der Waals surface area contributed by atoms with E-state index in [0.29, 0.717) is 17.0 Å². The molecule has 0 saturated carbocycles. The molecule has 1 fully saturated rings. The van der Waals surface area contributed by atoms with E-state index in [1.807, 2.05) is 0 Å². The average molecular weight is 260 g/mol. The van der Waals surface area contributed by atoms with E-state index in [1.165, 1.54) is 18.4 Å². The SMILES string of the molecule is COc1ccsc1C(=O)C1CCS(=O)(=O)C1. The van der Waals surface area contributed by atoms with E-state index in [0.717, 1.165) is 0 Å². The topological polar surface area (TPSA) is 60.4 Å². The summed E-state index contributed by atoms with van der Waals surface area (Å²) in [4.78, 5) is 12.6. The molecule has 1 atom stereocenters. The molecular formula is C10H12O4S2. The first-order valence-electron chi connectivity index (χ1n) is 4.89. The molecule has 0 aliphatic carbocycles. The van der Waals surface area contributed by atoms with E-state index in [-0.39, 0.29) is 17.3 Å². The number of methoxy groups -OCH3 is 1. The Labute approximate surface area is 98.2 Å². The zero-order chi connectivity index (χ0) is 11.8. The molecule has 6 heteroatoms. The fourth-order valence-corrected chi connectivity index (χ4v) is 4.44. The number of rotatable bonds is 3. The number of carbonyl (C=O) groups is 1. The molecule has 88 valence electrons. The van der Waals surface area contributed by atoms with Crippen LogP contribution >= 0.6 is 11.3 Å². The van der Waals surface area contributed by atoms with Gasteiger partial charge < -0.3 is 4.74 Å². The second-order valence-electron chi connectivity index (χ2n) is 3.78. The highest BCUT2D eigenvalue weighted by Crippen LogP contribution is 2.31. The van der Waals surface area contributed by atoms with Crippen LogP contribution in [-0.4, -0.2) is 32.8 Å². The molecule has 1 aliphatic rings. The monoisotopic (exact) mass is 260 g/mol. The molecule has 0 N–H and O–H groups in total. The molecule has 0 aromatic carbocycles. The minimum Gasteiger partial charge on any atom is -0.495 e. The predicted octanol–water partition coefficient (Wildman–Crippen LogP) is 1.37. The van der Waals surface area contributed by atoms with Gasteiger partial charge in [-0.1, -0.05) is 0 Å². The minimum atomic E-state index is -3.01. The van der Waals surface area contributed by atoms with Crippen LogP contribution in [0.3, 0.4) is 0 Å². The number of hydrogen-bond donors (Lipinski definition) is 0. The summed E-state index contributed by atoms with van der Waals surface area (Å²) >= 11 is 1.30. The van der Waals surface area contributed by atoms with E-state index in [4.69, 9.17) is 4.74 Å². The summed E-state index contributed by atoms with van der Waals surface area (Å²) < 4.78 is 27.6. The number of ketones is 1. The Morgan fingerprint density at radius 2 is 2.31 bits per heavy atom. The third-order valence-corrected chi connectivity index (χ3v) is 5.35. The molecule has 0 radical (unpaired) electrons. The Balaban J connectivity index is 2.21. The highest BCUT2D eigenvalue weighted by Gasteiger charge is 2.34. The molecule has 0 spiro atoms. The van der Waals surface area contributed by atoms with Crippen molar-refractivity contribution in [1.82, 2.24) is 0 Å². The summed E-state index contributed by atoms with van der Waals surface area (Å²) in [6, 6.07) is 1.72. The van der Waals surface area contributed by atoms with Gasteiger partial charge in [0.15, 0.2) is 15.6 Å². The summed E-state index contributed by atoms with van der Waals surface area (Å²) in [5.74, 6) is 0.147. The summed E-state index contributed by atoms with van der Waals surface area (Å²) in [5.41, 5.74) is 0. The quantitative estimate of drug-likeness (QED) is 0.770. The molecule has 0 bridgehead atoms. The van der Waals surface area contributed by atoms with Gasteiger partial charge in [-0.05, 0) is 17.9 Å². The molecule has 0 amide bonds. The maximum Gasteiger partial charge on any atom is 0.180 e. The third kappa shape index (κ3) is 2.12. The highest BCUT2D eigenvalue weighted by molar-refractivity contribution is 7.91. The second kappa shape index (κ2) is 4.18. The van der Waals surface area contributed by atoms with Crippen molar-refractivity contribution in [3.8, 4) is 5.75 Å². The van der Waals surface area contributed by atoms with E-state index in [2.05, 4.69) is 0 Å². The van der Waals surface area contributed by atoms with Crippen molar-refractivity contribution in [3.05, 3.63) is 16.3 Å². The maximum absolute atomic E-state index is 12.0. The molecule has 1 saturated heterocycles. The van der Waals surface area contributed by atoms with Gasteiger partial charge in [0.05, 0.1) is 18.6 Å².